The van der Waals surface area contributed by atoms with E-state index >= 15 is 0 Å². The summed E-state index contributed by atoms with van der Waals surface area (Å²) in [6.07, 6.45) is 2.83. The largest absolute Gasteiger partial charge is 0.458 e. The van der Waals surface area contributed by atoms with Crippen molar-refractivity contribution in [2.24, 2.45) is 0 Å². The van der Waals surface area contributed by atoms with Crippen molar-refractivity contribution in [2.75, 3.05) is 11.5 Å². The van der Waals surface area contributed by atoms with Crippen LogP contribution in [0.3, 0.4) is 0 Å². The minimum atomic E-state index is -0.504. The molecule has 0 aliphatic carbocycles. The monoisotopic (exact) mass is 286 g/mol. The Morgan fingerprint density at radius 3 is 2.52 bits per heavy atom. The number of carbonyl (C=O) groups excluding carboxylic acids is 1. The molecule has 0 aliphatic heterocycles. The van der Waals surface area contributed by atoms with Crippen LogP contribution in [0.5, 0.6) is 0 Å². The summed E-state index contributed by atoms with van der Waals surface area (Å²) < 4.78 is 17.8. The molecule has 4 nitrogen and oxygen atoms in total. The normalized spacial score (nSPS) is 10.7. The Bertz CT molecular complexity index is 666. The minimum absolute atomic E-state index is 0.0682. The fourth-order valence-electron chi connectivity index (χ4n) is 1.68. The first-order valence-electron chi connectivity index (χ1n) is 6.29. The highest BCUT2D eigenvalue weighted by Gasteiger charge is 2.03. The van der Waals surface area contributed by atoms with Gasteiger partial charge in [-0.1, -0.05) is 18.2 Å². The number of hydrogen-bond acceptors (Lipinski definition) is 4. The van der Waals surface area contributed by atoms with E-state index in [-0.39, 0.29) is 12.4 Å². The van der Waals surface area contributed by atoms with Gasteiger partial charge in [-0.05, 0) is 35.9 Å². The molecular weight excluding hydrogens is 271 g/mol. The highest BCUT2D eigenvalue weighted by atomic mass is 19.1. The van der Waals surface area contributed by atoms with Gasteiger partial charge in [0.1, 0.15) is 12.4 Å². The van der Waals surface area contributed by atoms with Crippen molar-refractivity contribution < 1.29 is 13.9 Å². The van der Waals surface area contributed by atoms with Crippen molar-refractivity contribution in [1.82, 2.24) is 0 Å². The predicted octanol–water partition coefficient (Wildman–Crippen LogP) is 2.75. The molecule has 0 aromatic heterocycles. The minimum Gasteiger partial charge on any atom is -0.458 e. The number of halogens is 1. The van der Waals surface area contributed by atoms with Crippen molar-refractivity contribution in [1.29, 1.82) is 0 Å². The first kappa shape index (κ1) is 14.6. The molecule has 0 saturated carbocycles. The average molecular weight is 286 g/mol. The van der Waals surface area contributed by atoms with Crippen molar-refractivity contribution in [3.63, 3.8) is 0 Å². The van der Waals surface area contributed by atoms with Crippen LogP contribution in [0.25, 0.3) is 6.08 Å². The van der Waals surface area contributed by atoms with Crippen molar-refractivity contribution in [3.05, 3.63) is 65.5 Å². The molecule has 0 fully saturated rings. The molecule has 2 aromatic carbocycles. The predicted molar refractivity (Wildman–Crippen MR) is 80.5 cm³/mol. The Hall–Kier alpha value is -2.82. The van der Waals surface area contributed by atoms with Crippen LogP contribution < -0.4 is 11.5 Å². The number of benzene rings is 2. The summed E-state index contributed by atoms with van der Waals surface area (Å²) in [7, 11) is 0. The lowest BCUT2D eigenvalue weighted by Crippen LogP contribution is -2.03. The fourth-order valence-corrected chi connectivity index (χ4v) is 1.68. The molecule has 0 amide bonds. The molecule has 4 N–H and O–H groups in total. The van der Waals surface area contributed by atoms with Gasteiger partial charge in [0, 0.05) is 23.0 Å². The van der Waals surface area contributed by atoms with Gasteiger partial charge in [-0.2, -0.15) is 0 Å². The maximum atomic E-state index is 12.7. The number of anilines is 2. The van der Waals surface area contributed by atoms with E-state index in [0.717, 1.165) is 0 Å². The Labute approximate surface area is 121 Å². The number of hydrogen-bond donors (Lipinski definition) is 2. The van der Waals surface area contributed by atoms with E-state index in [9.17, 15) is 9.18 Å². The van der Waals surface area contributed by atoms with E-state index in [4.69, 9.17) is 16.2 Å². The van der Waals surface area contributed by atoms with Crippen LogP contribution in [0.4, 0.5) is 15.8 Å². The summed E-state index contributed by atoms with van der Waals surface area (Å²) in [5.74, 6) is -0.830. The number of nitrogen functional groups attached to an aromatic ring is 2. The summed E-state index contributed by atoms with van der Waals surface area (Å²) in [6.45, 7) is 0.0682. The maximum Gasteiger partial charge on any atom is 0.331 e. The number of esters is 1. The fraction of sp³-hybridized carbons (Fsp3) is 0.0625. The van der Waals surface area contributed by atoms with E-state index in [0.29, 0.717) is 22.5 Å². The van der Waals surface area contributed by atoms with Gasteiger partial charge in [0.05, 0.1) is 0 Å². The molecule has 0 unspecified atom stereocenters. The van der Waals surface area contributed by atoms with Crippen LogP contribution in [0.2, 0.25) is 0 Å². The summed E-state index contributed by atoms with van der Waals surface area (Å²) in [5.41, 5.74) is 13.8. The SMILES string of the molecule is Nc1ccc(COC(=O)C=Cc2ccc(F)cc2)c(N)c1. The van der Waals surface area contributed by atoms with Gasteiger partial charge in [0.15, 0.2) is 0 Å². The standard InChI is InChI=1S/C16H15FN2O2/c17-13-5-1-11(2-6-13)3-8-16(20)21-10-12-4-7-14(18)9-15(12)19/h1-9H,10,18-19H2. The van der Waals surface area contributed by atoms with E-state index in [1.807, 2.05) is 0 Å². The first-order chi connectivity index (χ1) is 10.0. The number of rotatable bonds is 4. The lowest BCUT2D eigenvalue weighted by Gasteiger charge is -2.06. The van der Waals surface area contributed by atoms with E-state index in [1.165, 1.54) is 18.2 Å². The van der Waals surface area contributed by atoms with Crippen molar-refractivity contribution in [2.45, 2.75) is 6.61 Å². The molecule has 0 spiro atoms. The zero-order valence-electron chi connectivity index (χ0n) is 11.3. The van der Waals surface area contributed by atoms with E-state index in [2.05, 4.69) is 0 Å². The number of carbonyl (C=O) groups is 1. The van der Waals surface area contributed by atoms with Gasteiger partial charge in [-0.15, -0.1) is 0 Å². The summed E-state index contributed by atoms with van der Waals surface area (Å²) in [5, 5.41) is 0. The maximum absolute atomic E-state index is 12.7. The van der Waals surface area contributed by atoms with Crippen LogP contribution in [0.15, 0.2) is 48.5 Å². The van der Waals surface area contributed by atoms with Gasteiger partial charge >= 0.3 is 5.97 Å². The van der Waals surface area contributed by atoms with Gasteiger partial charge in [-0.3, -0.25) is 0 Å². The van der Waals surface area contributed by atoms with Crippen LogP contribution in [-0.4, -0.2) is 5.97 Å². The second-order valence-electron chi connectivity index (χ2n) is 4.45. The van der Waals surface area contributed by atoms with Gasteiger partial charge in [0.25, 0.3) is 0 Å². The smallest absolute Gasteiger partial charge is 0.331 e. The molecule has 2 aromatic rings. The second kappa shape index (κ2) is 6.56. The third kappa shape index (κ3) is 4.35. The molecule has 0 heterocycles. The molecular formula is C16H15FN2O2. The Morgan fingerprint density at radius 1 is 1.14 bits per heavy atom. The summed E-state index contributed by atoms with van der Waals surface area (Å²) >= 11 is 0. The van der Waals surface area contributed by atoms with Crippen LogP contribution in [-0.2, 0) is 16.1 Å². The van der Waals surface area contributed by atoms with Crippen molar-refractivity contribution in [3.8, 4) is 0 Å². The Morgan fingerprint density at radius 2 is 1.86 bits per heavy atom. The molecule has 0 aliphatic rings. The third-order valence-electron chi connectivity index (χ3n) is 2.82. The molecule has 0 atom stereocenters. The van der Waals surface area contributed by atoms with Gasteiger partial charge in [-0.25, -0.2) is 9.18 Å². The molecule has 2 rings (SSSR count). The average Bonchev–Trinajstić information content (AvgIpc) is 2.46. The highest BCUT2D eigenvalue weighted by molar-refractivity contribution is 5.87. The third-order valence-corrected chi connectivity index (χ3v) is 2.82. The van der Waals surface area contributed by atoms with Crippen LogP contribution >= 0.6 is 0 Å². The molecule has 5 heteroatoms. The number of ether oxygens (including phenoxy) is 1. The highest BCUT2D eigenvalue weighted by Crippen LogP contribution is 2.16. The van der Waals surface area contributed by atoms with Crippen LogP contribution in [0, 0.1) is 5.82 Å². The van der Waals surface area contributed by atoms with Crippen molar-refractivity contribution >= 4 is 23.4 Å². The number of nitrogens with two attached hydrogens (primary N) is 2. The Balaban J connectivity index is 1.91. The molecule has 0 radical (unpaired) electrons. The zero-order valence-corrected chi connectivity index (χ0v) is 11.3. The quantitative estimate of drug-likeness (QED) is 0.514. The zero-order chi connectivity index (χ0) is 15.2. The molecule has 108 valence electrons. The van der Waals surface area contributed by atoms with Gasteiger partial charge in [0.2, 0.25) is 0 Å². The summed E-state index contributed by atoms with van der Waals surface area (Å²) in [4.78, 5) is 11.6. The lowest BCUT2D eigenvalue weighted by atomic mass is 10.2. The summed E-state index contributed by atoms with van der Waals surface area (Å²) in [6, 6.07) is 10.8. The van der Waals surface area contributed by atoms with E-state index < -0.39 is 5.97 Å². The topological polar surface area (TPSA) is 78.3 Å². The Kier molecular flexibility index (Phi) is 4.56. The molecule has 0 bridgehead atoms. The molecule has 0 saturated heterocycles. The first-order valence-corrected chi connectivity index (χ1v) is 6.29. The lowest BCUT2D eigenvalue weighted by molar-refractivity contribution is -0.138. The van der Waals surface area contributed by atoms with E-state index in [1.54, 1.807) is 36.4 Å². The second-order valence-corrected chi connectivity index (χ2v) is 4.45. The van der Waals surface area contributed by atoms with Crippen LogP contribution in [0.1, 0.15) is 11.1 Å². The van der Waals surface area contributed by atoms with Gasteiger partial charge < -0.3 is 16.2 Å². The molecule has 21 heavy (non-hydrogen) atoms.